The first-order valence-electron chi connectivity index (χ1n) is 15.0. The fourth-order valence-corrected chi connectivity index (χ4v) is 5.78. The van der Waals surface area contributed by atoms with Crippen molar-refractivity contribution in [3.63, 3.8) is 0 Å². The van der Waals surface area contributed by atoms with Gasteiger partial charge in [0.25, 0.3) is 11.8 Å². The molecule has 0 aliphatic carbocycles. The number of urea groups is 1. The number of nitrogens with zero attached hydrogens (tertiary/aromatic N) is 8. The zero-order valence-electron chi connectivity index (χ0n) is 25.8. The molecule has 5 rings (SSSR count). The molecule has 0 bridgehead atoms. The lowest BCUT2D eigenvalue weighted by atomic mass is 10.0. The van der Waals surface area contributed by atoms with Crippen molar-refractivity contribution >= 4 is 23.5 Å². The van der Waals surface area contributed by atoms with Crippen LogP contribution in [0.3, 0.4) is 0 Å². The van der Waals surface area contributed by atoms with Gasteiger partial charge in [-0.05, 0) is 37.1 Å². The molecule has 2 aromatic heterocycles. The first-order chi connectivity index (χ1) is 21.9. The highest BCUT2D eigenvalue weighted by Crippen LogP contribution is 2.36. The largest absolute Gasteiger partial charge is 0.435 e. The SMILES string of the molecule is CCc1cc(NC(=O)c2ncc(-c3cn(CC#N)nc3C(F)(F)F)n2C)ccc1C(=O)N1CCN(C(=O)N2CCNC(C)C2)CC1. The summed E-state index contributed by atoms with van der Waals surface area (Å²) in [6.07, 6.45) is -2.04. The van der Waals surface area contributed by atoms with Crippen LogP contribution in [0, 0.1) is 11.3 Å². The van der Waals surface area contributed by atoms with E-state index in [9.17, 15) is 27.6 Å². The molecule has 4 heterocycles. The molecule has 0 saturated carbocycles. The van der Waals surface area contributed by atoms with Gasteiger partial charge in [-0.2, -0.15) is 23.5 Å². The number of piperazine rings is 2. The lowest BCUT2D eigenvalue weighted by Crippen LogP contribution is -2.58. The Kier molecular flexibility index (Phi) is 9.33. The summed E-state index contributed by atoms with van der Waals surface area (Å²) in [6.45, 7) is 7.29. The molecule has 2 saturated heterocycles. The van der Waals surface area contributed by atoms with Crippen LogP contribution in [0.4, 0.5) is 23.7 Å². The standard InChI is InChI=1S/C30H35F3N10O3/c1-4-20-15-21(5-6-22(20)28(45)40-11-13-41(14-12-40)29(46)42-10-8-35-19(2)17-42)37-27(44)26-36-16-24(39(26)3)23-18-43(9-7-34)38-25(23)30(31,32)33/h5-6,15-16,18-19,35H,4,8-14,17H2,1-3H3,(H,37,44). The minimum Gasteiger partial charge on any atom is -0.335 e. The number of carbonyl (C=O) groups is 3. The van der Waals surface area contributed by atoms with Gasteiger partial charge in [0.2, 0.25) is 0 Å². The number of nitrogens with one attached hydrogen (secondary N) is 2. The van der Waals surface area contributed by atoms with Crippen molar-refractivity contribution in [2.75, 3.05) is 51.1 Å². The highest BCUT2D eigenvalue weighted by Gasteiger charge is 2.38. The third-order valence-corrected chi connectivity index (χ3v) is 8.18. The molecule has 2 aliphatic rings. The van der Waals surface area contributed by atoms with Crippen LogP contribution in [0.25, 0.3) is 11.3 Å². The van der Waals surface area contributed by atoms with Crippen LogP contribution in [0.2, 0.25) is 0 Å². The minimum absolute atomic E-state index is 0.00106. The summed E-state index contributed by atoms with van der Waals surface area (Å²) < 4.78 is 43.1. The molecule has 1 aromatic carbocycles. The van der Waals surface area contributed by atoms with Gasteiger partial charge in [-0.25, -0.2) is 9.78 Å². The van der Waals surface area contributed by atoms with E-state index < -0.39 is 17.8 Å². The molecule has 1 atom stereocenters. The fraction of sp³-hybridized carbons (Fsp3) is 0.467. The molecule has 13 nitrogen and oxygen atoms in total. The van der Waals surface area contributed by atoms with E-state index in [0.717, 1.165) is 23.6 Å². The van der Waals surface area contributed by atoms with Crippen molar-refractivity contribution in [2.24, 2.45) is 7.05 Å². The number of amides is 4. The van der Waals surface area contributed by atoms with Gasteiger partial charge in [-0.1, -0.05) is 6.92 Å². The number of aryl methyl sites for hydroxylation is 1. The minimum atomic E-state index is -4.78. The van der Waals surface area contributed by atoms with Crippen LogP contribution in [-0.2, 0) is 26.2 Å². The van der Waals surface area contributed by atoms with Crippen LogP contribution in [0.15, 0.2) is 30.6 Å². The Morgan fingerprint density at radius 2 is 1.83 bits per heavy atom. The molecule has 4 amide bonds. The fourth-order valence-electron chi connectivity index (χ4n) is 5.78. The van der Waals surface area contributed by atoms with Gasteiger partial charge in [0.1, 0.15) is 6.54 Å². The van der Waals surface area contributed by atoms with Gasteiger partial charge in [-0.3, -0.25) is 14.3 Å². The number of alkyl halides is 3. The second kappa shape index (κ2) is 13.2. The Morgan fingerprint density at radius 1 is 1.11 bits per heavy atom. The predicted molar refractivity (Wildman–Crippen MR) is 161 cm³/mol. The third-order valence-electron chi connectivity index (χ3n) is 8.18. The van der Waals surface area contributed by atoms with Crippen LogP contribution in [0.5, 0.6) is 0 Å². The highest BCUT2D eigenvalue weighted by molar-refractivity contribution is 6.03. The van der Waals surface area contributed by atoms with Crippen molar-refractivity contribution in [2.45, 2.75) is 39.0 Å². The van der Waals surface area contributed by atoms with E-state index in [2.05, 4.69) is 20.7 Å². The maximum atomic E-state index is 13.7. The van der Waals surface area contributed by atoms with E-state index in [1.165, 1.54) is 11.6 Å². The average Bonchev–Trinajstić information content (AvgIpc) is 3.64. The van der Waals surface area contributed by atoms with Crippen LogP contribution < -0.4 is 10.6 Å². The van der Waals surface area contributed by atoms with Crippen molar-refractivity contribution in [3.8, 4) is 17.3 Å². The third kappa shape index (κ3) is 6.69. The number of rotatable bonds is 6. The summed E-state index contributed by atoms with van der Waals surface area (Å²) in [7, 11) is 1.41. The number of hydrogen-bond donors (Lipinski definition) is 2. The van der Waals surface area contributed by atoms with Crippen LogP contribution >= 0.6 is 0 Å². The lowest BCUT2D eigenvalue weighted by Gasteiger charge is -2.40. The Labute approximate surface area is 263 Å². The first-order valence-corrected chi connectivity index (χ1v) is 15.0. The summed E-state index contributed by atoms with van der Waals surface area (Å²) >= 11 is 0. The van der Waals surface area contributed by atoms with Crippen LogP contribution in [-0.4, -0.2) is 104 Å². The summed E-state index contributed by atoms with van der Waals surface area (Å²) in [5.74, 6) is -0.964. The number of nitriles is 1. The zero-order chi connectivity index (χ0) is 33.2. The van der Waals surface area contributed by atoms with Crippen molar-refractivity contribution in [1.82, 2.24) is 39.3 Å². The van der Waals surface area contributed by atoms with E-state index in [-0.39, 0.29) is 41.6 Å². The van der Waals surface area contributed by atoms with Crippen molar-refractivity contribution in [3.05, 3.63) is 53.2 Å². The average molecular weight is 641 g/mol. The highest BCUT2D eigenvalue weighted by atomic mass is 19.4. The Bertz CT molecular complexity index is 1670. The maximum Gasteiger partial charge on any atom is 0.435 e. The Morgan fingerprint density at radius 3 is 2.48 bits per heavy atom. The number of hydrogen-bond acceptors (Lipinski definition) is 7. The summed E-state index contributed by atoms with van der Waals surface area (Å²) in [5.41, 5.74) is 0.0905. The van der Waals surface area contributed by atoms with Gasteiger partial charge >= 0.3 is 12.2 Å². The van der Waals surface area contributed by atoms with Crippen molar-refractivity contribution in [1.29, 1.82) is 5.26 Å². The number of anilines is 1. The van der Waals surface area contributed by atoms with Crippen LogP contribution in [0.1, 0.15) is 46.1 Å². The van der Waals surface area contributed by atoms with Gasteiger partial charge in [0, 0.05) is 76.4 Å². The van der Waals surface area contributed by atoms with Gasteiger partial charge in [0.15, 0.2) is 11.5 Å². The normalized spacial score (nSPS) is 17.2. The summed E-state index contributed by atoms with van der Waals surface area (Å²) in [4.78, 5) is 49.0. The van der Waals surface area contributed by atoms with E-state index in [1.54, 1.807) is 34.1 Å². The molecule has 0 spiro atoms. The topological polar surface area (TPSA) is 144 Å². The number of aromatic nitrogens is 4. The molecule has 2 aliphatic heterocycles. The zero-order valence-corrected chi connectivity index (χ0v) is 25.8. The van der Waals surface area contributed by atoms with E-state index in [1.807, 2.05) is 18.7 Å². The quantitative estimate of drug-likeness (QED) is 0.422. The lowest BCUT2D eigenvalue weighted by molar-refractivity contribution is -0.141. The molecule has 0 radical (unpaired) electrons. The number of carbonyl (C=O) groups excluding carboxylic acids is 3. The molecule has 2 N–H and O–H groups in total. The van der Waals surface area contributed by atoms with Gasteiger partial charge in [0.05, 0.1) is 23.5 Å². The molecule has 2 fully saturated rings. The summed E-state index contributed by atoms with van der Waals surface area (Å²) in [6, 6.07) is 6.90. The van der Waals surface area contributed by atoms with E-state index >= 15 is 0 Å². The summed E-state index contributed by atoms with van der Waals surface area (Å²) in [5, 5.41) is 18.4. The van der Waals surface area contributed by atoms with Gasteiger partial charge < -0.3 is 29.9 Å². The molecular formula is C30H35F3N10O3. The second-order valence-corrected chi connectivity index (χ2v) is 11.3. The molecule has 46 heavy (non-hydrogen) atoms. The molecular weight excluding hydrogens is 605 g/mol. The first kappa shape index (κ1) is 32.5. The van der Waals surface area contributed by atoms with E-state index in [4.69, 9.17) is 5.26 Å². The second-order valence-electron chi connectivity index (χ2n) is 11.3. The molecule has 1 unspecified atom stereocenters. The number of imidazole rings is 1. The Hall–Kier alpha value is -4.91. The molecule has 3 aromatic rings. The smallest absolute Gasteiger partial charge is 0.335 e. The predicted octanol–water partition coefficient (Wildman–Crippen LogP) is 2.81. The van der Waals surface area contributed by atoms with Crippen molar-refractivity contribution < 1.29 is 27.6 Å². The monoisotopic (exact) mass is 640 g/mol. The number of halogens is 3. The Balaban J connectivity index is 1.26. The van der Waals surface area contributed by atoms with E-state index in [0.29, 0.717) is 62.5 Å². The molecule has 244 valence electrons. The number of benzene rings is 1. The molecule has 16 heteroatoms. The van der Waals surface area contributed by atoms with Gasteiger partial charge in [-0.15, -0.1) is 0 Å². The maximum absolute atomic E-state index is 13.7.